The van der Waals surface area contributed by atoms with Crippen molar-refractivity contribution >= 4 is 21.8 Å². The zero-order valence-corrected chi connectivity index (χ0v) is 37.9. The molecule has 9 nitrogen and oxygen atoms in total. The Morgan fingerprint density at radius 2 is 0.648 bits per heavy atom. The zero-order valence-electron chi connectivity index (χ0n) is 37.9. The molecule has 0 N–H and O–H groups in total. The molecule has 0 radical (unpaired) electrons. The highest BCUT2D eigenvalue weighted by Crippen LogP contribution is 2.45. The zero-order chi connectivity index (χ0) is 47.7. The Labute approximate surface area is 409 Å². The van der Waals surface area contributed by atoms with Crippen molar-refractivity contribution in [2.45, 2.75) is 0 Å². The third-order valence-corrected chi connectivity index (χ3v) is 12.5. The van der Waals surface area contributed by atoms with Gasteiger partial charge >= 0.3 is 0 Å². The maximum atomic E-state index is 10.3. The molecule has 3 heterocycles. The second-order valence-corrected chi connectivity index (χ2v) is 17.0. The van der Waals surface area contributed by atoms with Crippen LogP contribution in [0.5, 0.6) is 0 Å². The molecule has 0 unspecified atom stereocenters. The third kappa shape index (κ3) is 8.02. The first-order chi connectivity index (χ1) is 35.1. The van der Waals surface area contributed by atoms with Crippen LogP contribution >= 0.6 is 0 Å². The molecule has 0 aliphatic heterocycles. The van der Waals surface area contributed by atoms with Gasteiger partial charge in [-0.1, -0.05) is 164 Å². The van der Waals surface area contributed by atoms with Crippen molar-refractivity contribution in [3.63, 3.8) is 0 Å². The molecule has 12 aromatic rings. The number of nitrogens with zero attached hydrogens (tertiary/aromatic N) is 9. The van der Waals surface area contributed by atoms with Crippen LogP contribution in [0.2, 0.25) is 0 Å². The first-order valence-corrected chi connectivity index (χ1v) is 23.1. The Kier molecular flexibility index (Phi) is 10.8. The Morgan fingerprint density at radius 1 is 0.282 bits per heavy atom. The van der Waals surface area contributed by atoms with Crippen molar-refractivity contribution < 1.29 is 0 Å². The minimum absolute atomic E-state index is 0.466. The van der Waals surface area contributed by atoms with Crippen LogP contribution in [0, 0.1) is 22.7 Å². The molecule has 9 aromatic carbocycles. The smallest absolute Gasteiger partial charge is 0.164 e. The molecule has 9 heteroatoms. The van der Waals surface area contributed by atoms with Crippen molar-refractivity contribution in [3.8, 4) is 108 Å². The van der Waals surface area contributed by atoms with Crippen LogP contribution in [0.3, 0.4) is 0 Å². The molecule has 0 fully saturated rings. The molecule has 0 atom stereocenters. The third-order valence-electron chi connectivity index (χ3n) is 12.5. The van der Waals surface area contributed by atoms with E-state index in [4.69, 9.17) is 29.9 Å². The fraction of sp³-hybridized carbons (Fsp3) is 0. The predicted molar refractivity (Wildman–Crippen MR) is 280 cm³/mol. The van der Waals surface area contributed by atoms with Gasteiger partial charge in [0.1, 0.15) is 0 Å². The van der Waals surface area contributed by atoms with E-state index in [9.17, 15) is 10.5 Å². The minimum Gasteiger partial charge on any atom is -0.308 e. The number of rotatable bonds is 9. The standard InChI is InChI=1S/C62H37N9/c63-38-40-17-15-27-46(33-40)51-36-49(62-69-59(44-23-9-3-10-24-44)66-60(70-62)45-25-11-4-12-26-45)37-52(47-28-16-18-41(34-47)39-64)56(51)71-54-30-14-13-29-50(54)53-35-48(31-32-55(53)71)61-67-57(42-19-5-1-6-20-42)65-58(68-61)43-21-7-2-8-22-43/h1-37H. The lowest BCUT2D eigenvalue weighted by Gasteiger charge is -2.21. The first kappa shape index (κ1) is 42.2. The Balaban J connectivity index is 1.15. The maximum Gasteiger partial charge on any atom is 0.164 e. The highest BCUT2D eigenvalue weighted by Gasteiger charge is 2.24. The van der Waals surface area contributed by atoms with Crippen LogP contribution in [0.4, 0.5) is 0 Å². The van der Waals surface area contributed by atoms with Gasteiger partial charge in [0, 0.05) is 55.3 Å². The Bertz CT molecular complexity index is 3870. The quantitative estimate of drug-likeness (QED) is 0.140. The van der Waals surface area contributed by atoms with Crippen molar-refractivity contribution in [2.75, 3.05) is 0 Å². The average Bonchev–Trinajstić information content (AvgIpc) is 3.78. The second kappa shape index (κ2) is 18.1. The van der Waals surface area contributed by atoms with Crippen molar-refractivity contribution in [3.05, 3.63) is 236 Å². The number of aromatic nitrogens is 7. The van der Waals surface area contributed by atoms with Gasteiger partial charge in [-0.25, -0.2) is 29.9 Å². The van der Waals surface area contributed by atoms with Gasteiger partial charge in [0.2, 0.25) is 0 Å². The summed E-state index contributed by atoms with van der Waals surface area (Å²) in [6.07, 6.45) is 0. The van der Waals surface area contributed by atoms with E-state index >= 15 is 0 Å². The van der Waals surface area contributed by atoms with E-state index in [1.165, 1.54) is 0 Å². The normalized spacial score (nSPS) is 11.1. The molecule has 0 aliphatic rings. The van der Waals surface area contributed by atoms with E-state index < -0.39 is 0 Å². The second-order valence-electron chi connectivity index (χ2n) is 17.0. The summed E-state index contributed by atoms with van der Waals surface area (Å²) in [6, 6.07) is 78.7. The maximum absolute atomic E-state index is 10.3. The van der Waals surface area contributed by atoms with Crippen LogP contribution in [0.15, 0.2) is 224 Å². The number of hydrogen-bond acceptors (Lipinski definition) is 8. The number of hydrogen-bond donors (Lipinski definition) is 0. The highest BCUT2D eigenvalue weighted by atomic mass is 15.0. The highest BCUT2D eigenvalue weighted by molar-refractivity contribution is 6.12. The van der Waals surface area contributed by atoms with Crippen LogP contribution in [0.25, 0.3) is 118 Å². The van der Waals surface area contributed by atoms with E-state index in [2.05, 4.69) is 65.2 Å². The Hall–Kier alpha value is -10.2. The number of para-hydroxylation sites is 1. The van der Waals surface area contributed by atoms with Gasteiger partial charge in [-0.2, -0.15) is 10.5 Å². The summed E-state index contributed by atoms with van der Waals surface area (Å²) in [5, 5.41) is 22.6. The summed E-state index contributed by atoms with van der Waals surface area (Å²) in [5.41, 5.74) is 12.1. The molecule has 0 aliphatic carbocycles. The predicted octanol–water partition coefficient (Wildman–Crippen LogP) is 14.2. The number of nitriles is 2. The van der Waals surface area contributed by atoms with Gasteiger partial charge in [0.05, 0.1) is 40.0 Å². The fourth-order valence-corrected chi connectivity index (χ4v) is 9.19. The van der Waals surface area contributed by atoms with Gasteiger partial charge in [0.15, 0.2) is 34.9 Å². The lowest BCUT2D eigenvalue weighted by molar-refractivity contribution is 1.07. The summed E-state index contributed by atoms with van der Waals surface area (Å²) in [7, 11) is 0. The van der Waals surface area contributed by atoms with Crippen LogP contribution in [-0.4, -0.2) is 34.5 Å². The SMILES string of the molecule is N#Cc1cccc(-c2cc(-c3nc(-c4ccccc4)nc(-c4ccccc4)n3)cc(-c3cccc(C#N)c3)c2-n2c3ccccc3c3cc(-c4nc(-c5ccccc5)nc(-c5ccccc5)n4)ccc32)c1. The summed E-state index contributed by atoms with van der Waals surface area (Å²) in [6.45, 7) is 0. The van der Waals surface area contributed by atoms with Gasteiger partial charge in [-0.15, -0.1) is 0 Å². The summed E-state index contributed by atoms with van der Waals surface area (Å²) >= 11 is 0. The summed E-state index contributed by atoms with van der Waals surface area (Å²) in [5.74, 6) is 3.23. The van der Waals surface area contributed by atoms with Crippen LogP contribution in [-0.2, 0) is 0 Å². The molecular weight excluding hydrogens is 871 g/mol. The molecule has 0 saturated heterocycles. The molecule has 12 rings (SSSR count). The molecule has 0 spiro atoms. The van der Waals surface area contributed by atoms with Crippen molar-refractivity contribution in [1.82, 2.24) is 34.5 Å². The van der Waals surface area contributed by atoms with Gasteiger partial charge in [-0.05, 0) is 71.8 Å². The molecule has 0 amide bonds. The monoisotopic (exact) mass is 907 g/mol. The first-order valence-electron chi connectivity index (χ1n) is 23.1. The number of fused-ring (bicyclic) bond motifs is 3. The summed E-state index contributed by atoms with van der Waals surface area (Å²) in [4.78, 5) is 30.4. The lowest BCUT2D eigenvalue weighted by Crippen LogP contribution is -2.04. The van der Waals surface area contributed by atoms with E-state index in [-0.39, 0.29) is 0 Å². The molecular formula is C62H37N9. The van der Waals surface area contributed by atoms with Gasteiger partial charge in [-0.3, -0.25) is 0 Å². The van der Waals surface area contributed by atoms with Crippen LogP contribution < -0.4 is 0 Å². The molecule has 0 bridgehead atoms. The molecule has 71 heavy (non-hydrogen) atoms. The number of benzene rings is 9. The van der Waals surface area contributed by atoms with Crippen LogP contribution in [0.1, 0.15) is 11.1 Å². The lowest BCUT2D eigenvalue weighted by atomic mass is 9.91. The van der Waals surface area contributed by atoms with Crippen molar-refractivity contribution in [1.29, 1.82) is 10.5 Å². The minimum atomic E-state index is 0.466. The van der Waals surface area contributed by atoms with Crippen molar-refractivity contribution in [2.24, 2.45) is 0 Å². The van der Waals surface area contributed by atoms with Gasteiger partial charge < -0.3 is 4.57 Å². The molecule has 0 saturated carbocycles. The molecule has 330 valence electrons. The fourth-order valence-electron chi connectivity index (χ4n) is 9.19. The van der Waals surface area contributed by atoms with E-state index in [1.807, 2.05) is 176 Å². The average molecular weight is 908 g/mol. The van der Waals surface area contributed by atoms with E-state index in [0.29, 0.717) is 46.1 Å². The summed E-state index contributed by atoms with van der Waals surface area (Å²) < 4.78 is 2.29. The topological polar surface area (TPSA) is 130 Å². The van der Waals surface area contributed by atoms with Gasteiger partial charge in [0.25, 0.3) is 0 Å². The molecule has 3 aromatic heterocycles. The largest absolute Gasteiger partial charge is 0.308 e. The Morgan fingerprint density at radius 3 is 1.08 bits per heavy atom. The van der Waals surface area contributed by atoms with E-state index in [0.717, 1.165) is 83.1 Å². The van der Waals surface area contributed by atoms with E-state index in [1.54, 1.807) is 0 Å².